The third-order valence-corrected chi connectivity index (χ3v) is 2.08. The molecule has 0 aromatic carbocycles. The number of hydrogen-bond acceptors (Lipinski definition) is 3. The van der Waals surface area contributed by atoms with E-state index < -0.39 is 11.9 Å². The van der Waals surface area contributed by atoms with Crippen LogP contribution < -0.4 is 0 Å². The summed E-state index contributed by atoms with van der Waals surface area (Å²) in [5.41, 5.74) is 2.63. The molecule has 110 valence electrons. The minimum atomic E-state index is -1.08. The summed E-state index contributed by atoms with van der Waals surface area (Å²) in [6.07, 6.45) is 5.63. The van der Waals surface area contributed by atoms with Crippen molar-refractivity contribution < 1.29 is 24.9 Å². The molecule has 0 aliphatic carbocycles. The van der Waals surface area contributed by atoms with Crippen molar-refractivity contribution in [2.45, 2.75) is 46.5 Å². The molecule has 0 saturated heterocycles. The van der Waals surface area contributed by atoms with Crippen molar-refractivity contribution in [1.82, 2.24) is 0 Å². The van der Waals surface area contributed by atoms with Crippen LogP contribution >= 0.6 is 0 Å². The summed E-state index contributed by atoms with van der Waals surface area (Å²) in [5.74, 6) is -2.15. The lowest BCUT2D eigenvalue weighted by Crippen LogP contribution is -2.00. The molecule has 0 saturated carbocycles. The molecule has 0 bridgehead atoms. The second-order valence-corrected chi connectivity index (χ2v) is 4.34. The smallest absolute Gasteiger partial charge is 0.303 e. The maximum atomic E-state index is 9.64. The van der Waals surface area contributed by atoms with Crippen molar-refractivity contribution in [2.75, 3.05) is 6.61 Å². The summed E-state index contributed by atoms with van der Waals surface area (Å²) in [4.78, 5) is 19.3. The van der Waals surface area contributed by atoms with E-state index in [4.69, 9.17) is 15.3 Å². The standard InChI is InChI=1S/C10H18O.C4H6O4/c1-9(2)5-4-6-10(3)7-8-11;5-3(6)1-2-4(7)8/h5,7,11H,4,6,8H2,1-3H3;1-2H2,(H,5,6)(H,7,8)/b10-7+;. The van der Waals surface area contributed by atoms with Crippen LogP contribution in [-0.2, 0) is 9.59 Å². The van der Waals surface area contributed by atoms with E-state index in [1.165, 1.54) is 11.1 Å². The second kappa shape index (κ2) is 12.8. The average molecular weight is 272 g/mol. The van der Waals surface area contributed by atoms with Crippen LogP contribution in [0.2, 0.25) is 0 Å². The number of allylic oxidation sites excluding steroid dienone is 3. The van der Waals surface area contributed by atoms with Gasteiger partial charge >= 0.3 is 11.9 Å². The lowest BCUT2D eigenvalue weighted by molar-refractivity contribution is -0.143. The summed E-state index contributed by atoms with van der Waals surface area (Å²) in [5, 5.41) is 24.4. The molecule has 5 heteroatoms. The Balaban J connectivity index is 0. The molecular weight excluding hydrogens is 248 g/mol. The number of carboxylic acid groups (broad SMARTS) is 2. The third-order valence-electron chi connectivity index (χ3n) is 2.08. The fourth-order valence-corrected chi connectivity index (χ4v) is 1.06. The SMILES string of the molecule is CC(C)=CCC/C(C)=C/CO.O=C(O)CCC(=O)O. The summed E-state index contributed by atoms with van der Waals surface area (Å²) >= 11 is 0. The fraction of sp³-hybridized carbons (Fsp3) is 0.571. The Labute approximate surface area is 114 Å². The van der Waals surface area contributed by atoms with Crippen LogP contribution in [0.15, 0.2) is 23.3 Å². The highest BCUT2D eigenvalue weighted by Crippen LogP contribution is 2.05. The molecule has 0 radical (unpaired) electrons. The van der Waals surface area contributed by atoms with Gasteiger partial charge in [0.2, 0.25) is 0 Å². The highest BCUT2D eigenvalue weighted by Gasteiger charge is 2.00. The van der Waals surface area contributed by atoms with Gasteiger partial charge in [0, 0.05) is 0 Å². The number of aliphatic hydroxyl groups is 1. The number of aliphatic hydroxyl groups excluding tert-OH is 1. The number of carbonyl (C=O) groups is 2. The quantitative estimate of drug-likeness (QED) is 0.619. The average Bonchev–Trinajstić information content (AvgIpc) is 2.27. The van der Waals surface area contributed by atoms with Crippen molar-refractivity contribution in [2.24, 2.45) is 0 Å². The molecule has 3 N–H and O–H groups in total. The van der Waals surface area contributed by atoms with Gasteiger partial charge in [-0.05, 0) is 33.6 Å². The largest absolute Gasteiger partial charge is 0.481 e. The van der Waals surface area contributed by atoms with E-state index in [0.29, 0.717) is 0 Å². The molecule has 0 aliphatic heterocycles. The maximum Gasteiger partial charge on any atom is 0.303 e. The summed E-state index contributed by atoms with van der Waals surface area (Å²) in [7, 11) is 0. The first kappa shape index (κ1) is 19.7. The predicted molar refractivity (Wildman–Crippen MR) is 74.0 cm³/mol. The van der Waals surface area contributed by atoms with E-state index in [9.17, 15) is 9.59 Å². The van der Waals surface area contributed by atoms with Crippen LogP contribution in [0.3, 0.4) is 0 Å². The van der Waals surface area contributed by atoms with E-state index >= 15 is 0 Å². The topological polar surface area (TPSA) is 94.8 Å². The first-order valence-corrected chi connectivity index (χ1v) is 6.13. The molecule has 0 spiro atoms. The normalized spacial score (nSPS) is 10.2. The van der Waals surface area contributed by atoms with Gasteiger partial charge in [0.25, 0.3) is 0 Å². The molecule has 0 amide bonds. The minimum absolute atomic E-state index is 0.167. The molecule has 19 heavy (non-hydrogen) atoms. The van der Waals surface area contributed by atoms with Gasteiger partial charge in [0.1, 0.15) is 0 Å². The van der Waals surface area contributed by atoms with Gasteiger partial charge < -0.3 is 15.3 Å². The monoisotopic (exact) mass is 272 g/mol. The summed E-state index contributed by atoms with van der Waals surface area (Å²) in [6.45, 7) is 6.42. The fourth-order valence-electron chi connectivity index (χ4n) is 1.06. The van der Waals surface area contributed by atoms with E-state index in [0.717, 1.165) is 12.8 Å². The van der Waals surface area contributed by atoms with Crippen LogP contribution in [0.1, 0.15) is 46.5 Å². The number of aliphatic carboxylic acids is 2. The zero-order chi connectivity index (χ0) is 15.3. The van der Waals surface area contributed by atoms with Crippen LogP contribution in [0.25, 0.3) is 0 Å². The Morgan fingerprint density at radius 1 is 0.895 bits per heavy atom. The highest BCUT2D eigenvalue weighted by molar-refractivity contribution is 5.75. The van der Waals surface area contributed by atoms with Gasteiger partial charge in [0.15, 0.2) is 0 Å². The van der Waals surface area contributed by atoms with Crippen molar-refractivity contribution in [3.05, 3.63) is 23.3 Å². The Morgan fingerprint density at radius 2 is 1.37 bits per heavy atom. The first-order chi connectivity index (χ1) is 8.79. The molecule has 0 fully saturated rings. The van der Waals surface area contributed by atoms with E-state index in [-0.39, 0.29) is 19.4 Å². The lowest BCUT2D eigenvalue weighted by Gasteiger charge is -1.96. The van der Waals surface area contributed by atoms with Crippen molar-refractivity contribution >= 4 is 11.9 Å². The molecular formula is C14H24O5. The molecule has 0 atom stereocenters. The van der Waals surface area contributed by atoms with E-state index in [1.807, 2.05) is 6.08 Å². The summed E-state index contributed by atoms with van der Waals surface area (Å²) < 4.78 is 0. The Kier molecular flexibility index (Phi) is 13.3. The zero-order valence-corrected chi connectivity index (χ0v) is 11.8. The summed E-state index contributed by atoms with van der Waals surface area (Å²) in [6, 6.07) is 0. The molecule has 0 aromatic rings. The lowest BCUT2D eigenvalue weighted by atomic mass is 10.1. The molecule has 0 rings (SSSR count). The molecule has 5 nitrogen and oxygen atoms in total. The molecule has 0 aliphatic rings. The van der Waals surface area contributed by atoms with Gasteiger partial charge in [0.05, 0.1) is 19.4 Å². The van der Waals surface area contributed by atoms with Crippen LogP contribution in [0.5, 0.6) is 0 Å². The Morgan fingerprint density at radius 3 is 1.68 bits per heavy atom. The van der Waals surface area contributed by atoms with Crippen LogP contribution in [-0.4, -0.2) is 33.9 Å². The van der Waals surface area contributed by atoms with E-state index in [1.54, 1.807) is 0 Å². The predicted octanol–water partition coefficient (Wildman–Crippen LogP) is 2.61. The molecule has 0 heterocycles. The van der Waals surface area contributed by atoms with Crippen molar-refractivity contribution in [1.29, 1.82) is 0 Å². The van der Waals surface area contributed by atoms with Gasteiger partial charge in [-0.3, -0.25) is 9.59 Å². The highest BCUT2D eigenvalue weighted by atomic mass is 16.4. The molecule has 0 unspecified atom stereocenters. The van der Waals surface area contributed by atoms with E-state index in [2.05, 4.69) is 26.8 Å². The Bertz CT molecular complexity index is 311. The maximum absolute atomic E-state index is 9.64. The van der Waals surface area contributed by atoms with Crippen molar-refractivity contribution in [3.63, 3.8) is 0 Å². The zero-order valence-electron chi connectivity index (χ0n) is 11.8. The minimum Gasteiger partial charge on any atom is -0.481 e. The van der Waals surface area contributed by atoms with Gasteiger partial charge in [-0.2, -0.15) is 0 Å². The second-order valence-electron chi connectivity index (χ2n) is 4.34. The number of hydrogen-bond donors (Lipinski definition) is 3. The Hall–Kier alpha value is -1.62. The van der Waals surface area contributed by atoms with Gasteiger partial charge in [-0.1, -0.05) is 23.3 Å². The molecule has 0 aromatic heterocycles. The van der Waals surface area contributed by atoms with Gasteiger partial charge in [-0.25, -0.2) is 0 Å². The van der Waals surface area contributed by atoms with Crippen LogP contribution in [0.4, 0.5) is 0 Å². The van der Waals surface area contributed by atoms with Crippen molar-refractivity contribution in [3.8, 4) is 0 Å². The third kappa shape index (κ3) is 22.1. The number of carboxylic acids is 2. The number of rotatable bonds is 7. The van der Waals surface area contributed by atoms with Gasteiger partial charge in [-0.15, -0.1) is 0 Å². The first-order valence-electron chi connectivity index (χ1n) is 6.13. The van der Waals surface area contributed by atoms with Crippen LogP contribution in [0, 0.1) is 0 Å².